The fourth-order valence-electron chi connectivity index (χ4n) is 2.62. The van der Waals surface area contributed by atoms with Crippen LogP contribution < -0.4 is 0 Å². The summed E-state index contributed by atoms with van der Waals surface area (Å²) in [5.74, 6) is 0. The van der Waals surface area contributed by atoms with Crippen LogP contribution in [0.15, 0.2) is 18.3 Å². The van der Waals surface area contributed by atoms with E-state index in [1.54, 1.807) is 6.20 Å². The first-order valence-electron chi connectivity index (χ1n) is 6.43. The molecule has 1 aromatic rings. The van der Waals surface area contributed by atoms with Crippen molar-refractivity contribution in [2.24, 2.45) is 0 Å². The second-order valence-electron chi connectivity index (χ2n) is 5.15. The first-order chi connectivity index (χ1) is 8.70. The molecule has 1 unspecified atom stereocenters. The summed E-state index contributed by atoms with van der Waals surface area (Å²) in [6.45, 7) is 3.05. The molecule has 2 heterocycles. The smallest absolute Gasteiger partial charge is 0.144 e. The molecule has 0 aliphatic carbocycles. The van der Waals surface area contributed by atoms with E-state index in [0.717, 1.165) is 25.2 Å². The molecule has 0 spiro atoms. The summed E-state index contributed by atoms with van der Waals surface area (Å²) in [6.07, 6.45) is 4.18. The molecule has 96 valence electrons. The molecule has 0 saturated carbocycles. The third-order valence-corrected chi connectivity index (χ3v) is 3.45. The van der Waals surface area contributed by atoms with Crippen LogP contribution in [0.1, 0.15) is 24.1 Å². The lowest BCUT2D eigenvalue weighted by molar-refractivity contribution is 0.201. The molecule has 18 heavy (non-hydrogen) atoms. The predicted octanol–water partition coefficient (Wildman–Crippen LogP) is 1.48. The third kappa shape index (κ3) is 3.06. The highest BCUT2D eigenvalue weighted by Gasteiger charge is 2.25. The van der Waals surface area contributed by atoms with Crippen LogP contribution in [0.2, 0.25) is 0 Å². The molecule has 1 saturated heterocycles. The Hall–Kier alpha value is -1.44. The van der Waals surface area contributed by atoms with Crippen LogP contribution in [0, 0.1) is 11.3 Å². The van der Waals surface area contributed by atoms with E-state index < -0.39 is 0 Å². The van der Waals surface area contributed by atoms with Crippen molar-refractivity contribution in [2.75, 3.05) is 27.2 Å². The van der Waals surface area contributed by atoms with Gasteiger partial charge in [-0.1, -0.05) is 6.07 Å². The van der Waals surface area contributed by atoms with E-state index in [-0.39, 0.29) is 0 Å². The summed E-state index contributed by atoms with van der Waals surface area (Å²) in [4.78, 5) is 8.83. The van der Waals surface area contributed by atoms with Crippen molar-refractivity contribution in [3.05, 3.63) is 29.6 Å². The van der Waals surface area contributed by atoms with Gasteiger partial charge in [-0.05, 0) is 39.5 Å². The van der Waals surface area contributed by atoms with Gasteiger partial charge in [0.1, 0.15) is 11.8 Å². The number of hydrogen-bond acceptors (Lipinski definition) is 4. The van der Waals surface area contributed by atoms with Crippen LogP contribution in [0.25, 0.3) is 0 Å². The van der Waals surface area contributed by atoms with Crippen molar-refractivity contribution in [3.63, 3.8) is 0 Å². The van der Waals surface area contributed by atoms with E-state index in [9.17, 15) is 0 Å². The lowest BCUT2D eigenvalue weighted by Gasteiger charge is -2.27. The largest absolute Gasteiger partial charge is 0.308 e. The summed E-state index contributed by atoms with van der Waals surface area (Å²) in [6, 6.07) is 6.70. The predicted molar refractivity (Wildman–Crippen MR) is 70.9 cm³/mol. The number of nitriles is 1. The van der Waals surface area contributed by atoms with E-state index in [0.29, 0.717) is 11.7 Å². The number of likely N-dealkylation sites (tertiary alicyclic amines) is 1. The highest BCUT2D eigenvalue weighted by molar-refractivity contribution is 5.30. The molecule has 2 rings (SSSR count). The van der Waals surface area contributed by atoms with Gasteiger partial charge in [0.05, 0.1) is 0 Å². The molecule has 1 fully saturated rings. The minimum atomic E-state index is 0.563. The molecule has 1 aromatic heterocycles. The molecule has 0 amide bonds. The Morgan fingerprint density at radius 2 is 2.39 bits per heavy atom. The second-order valence-corrected chi connectivity index (χ2v) is 5.15. The second kappa shape index (κ2) is 5.94. The zero-order valence-corrected chi connectivity index (χ0v) is 11.1. The molecule has 0 radical (unpaired) electrons. The fourth-order valence-corrected chi connectivity index (χ4v) is 2.62. The Labute approximate surface area is 109 Å². The molecule has 1 aliphatic rings. The number of hydrogen-bond donors (Lipinski definition) is 0. The van der Waals surface area contributed by atoms with Crippen LogP contribution in [0.4, 0.5) is 0 Å². The standard InChI is InChI=1S/C14H20N4/c1-17(2)11-13-6-4-8-18(13)10-12-5-3-7-16-14(12)9-15/h3,5,7,13H,4,6,8,10-11H2,1-2H3. The zero-order chi connectivity index (χ0) is 13.0. The number of aromatic nitrogens is 1. The van der Waals surface area contributed by atoms with Gasteiger partial charge < -0.3 is 4.90 Å². The van der Waals surface area contributed by atoms with Crippen LogP contribution in [0.5, 0.6) is 0 Å². The molecule has 1 atom stereocenters. The molecule has 4 nitrogen and oxygen atoms in total. The first-order valence-corrected chi connectivity index (χ1v) is 6.43. The van der Waals surface area contributed by atoms with Gasteiger partial charge in [-0.2, -0.15) is 5.26 Å². The minimum absolute atomic E-state index is 0.563. The third-order valence-electron chi connectivity index (χ3n) is 3.45. The number of rotatable bonds is 4. The van der Waals surface area contributed by atoms with Crippen LogP contribution in [-0.2, 0) is 6.54 Å². The Balaban J connectivity index is 2.06. The summed E-state index contributed by atoms with van der Waals surface area (Å²) in [5, 5.41) is 9.06. The summed E-state index contributed by atoms with van der Waals surface area (Å²) < 4.78 is 0. The van der Waals surface area contributed by atoms with Gasteiger partial charge in [-0.3, -0.25) is 4.90 Å². The highest BCUT2D eigenvalue weighted by atomic mass is 15.2. The Morgan fingerprint density at radius 1 is 1.56 bits per heavy atom. The van der Waals surface area contributed by atoms with Crippen molar-refractivity contribution in [1.82, 2.24) is 14.8 Å². The van der Waals surface area contributed by atoms with Gasteiger partial charge in [-0.25, -0.2) is 4.98 Å². The first kappa shape index (κ1) is 13.0. The molecule has 0 N–H and O–H groups in total. The molecule has 0 bridgehead atoms. The number of nitrogens with zero attached hydrogens (tertiary/aromatic N) is 4. The van der Waals surface area contributed by atoms with E-state index in [1.807, 2.05) is 12.1 Å². The van der Waals surface area contributed by atoms with Gasteiger partial charge in [0.25, 0.3) is 0 Å². The molecule has 0 aromatic carbocycles. The molecular formula is C14H20N4. The maximum Gasteiger partial charge on any atom is 0.144 e. The van der Waals surface area contributed by atoms with Gasteiger partial charge in [0.15, 0.2) is 0 Å². The zero-order valence-electron chi connectivity index (χ0n) is 11.1. The maximum absolute atomic E-state index is 9.06. The molecule has 4 heteroatoms. The van der Waals surface area contributed by atoms with Crippen molar-refractivity contribution in [1.29, 1.82) is 5.26 Å². The highest BCUT2D eigenvalue weighted by Crippen LogP contribution is 2.21. The van der Waals surface area contributed by atoms with Gasteiger partial charge in [0.2, 0.25) is 0 Å². The van der Waals surface area contributed by atoms with E-state index in [1.165, 1.54) is 12.8 Å². The van der Waals surface area contributed by atoms with E-state index >= 15 is 0 Å². The van der Waals surface area contributed by atoms with Crippen LogP contribution in [0.3, 0.4) is 0 Å². The van der Waals surface area contributed by atoms with Crippen molar-refractivity contribution in [3.8, 4) is 6.07 Å². The monoisotopic (exact) mass is 244 g/mol. The molecular weight excluding hydrogens is 224 g/mol. The van der Waals surface area contributed by atoms with Gasteiger partial charge in [-0.15, -0.1) is 0 Å². The Bertz CT molecular complexity index is 436. The quantitative estimate of drug-likeness (QED) is 0.804. The van der Waals surface area contributed by atoms with Gasteiger partial charge in [0, 0.05) is 30.9 Å². The van der Waals surface area contributed by atoms with Crippen LogP contribution in [-0.4, -0.2) is 48.0 Å². The van der Waals surface area contributed by atoms with Crippen molar-refractivity contribution >= 4 is 0 Å². The Kier molecular flexibility index (Phi) is 4.29. The summed E-state index contributed by atoms with van der Waals surface area (Å²) in [5.41, 5.74) is 1.61. The van der Waals surface area contributed by atoms with Gasteiger partial charge >= 0.3 is 0 Å². The average molecular weight is 244 g/mol. The average Bonchev–Trinajstić information content (AvgIpc) is 2.76. The van der Waals surface area contributed by atoms with Crippen molar-refractivity contribution < 1.29 is 0 Å². The SMILES string of the molecule is CN(C)CC1CCCN1Cc1cccnc1C#N. The van der Waals surface area contributed by atoms with E-state index in [2.05, 4.69) is 34.9 Å². The van der Waals surface area contributed by atoms with E-state index in [4.69, 9.17) is 5.26 Å². The summed E-state index contributed by atoms with van der Waals surface area (Å²) in [7, 11) is 4.22. The summed E-state index contributed by atoms with van der Waals surface area (Å²) >= 11 is 0. The Morgan fingerprint density at radius 3 is 3.11 bits per heavy atom. The lowest BCUT2D eigenvalue weighted by atomic mass is 10.1. The van der Waals surface area contributed by atoms with Crippen molar-refractivity contribution in [2.45, 2.75) is 25.4 Å². The topological polar surface area (TPSA) is 43.2 Å². The number of likely N-dealkylation sites (N-methyl/N-ethyl adjacent to an activating group) is 1. The minimum Gasteiger partial charge on any atom is -0.308 e. The maximum atomic E-state index is 9.06. The lowest BCUT2D eigenvalue weighted by Crippen LogP contribution is -2.37. The van der Waals surface area contributed by atoms with Crippen LogP contribution >= 0.6 is 0 Å². The normalized spacial score (nSPS) is 20.2. The number of pyridine rings is 1. The molecule has 1 aliphatic heterocycles. The fraction of sp³-hybridized carbons (Fsp3) is 0.571.